The number of para-hydroxylation sites is 1. The van der Waals surface area contributed by atoms with Gasteiger partial charge in [0.2, 0.25) is 5.56 Å². The summed E-state index contributed by atoms with van der Waals surface area (Å²) in [6, 6.07) is 9.94. The largest absolute Gasteiger partial charge is 0.322 e. The molecule has 19 heavy (non-hydrogen) atoms. The molecule has 0 fully saturated rings. The molecule has 2 nitrogen and oxygen atoms in total. The average molecular weight is 257 g/mol. The van der Waals surface area contributed by atoms with Crippen molar-refractivity contribution in [3.8, 4) is 0 Å². The number of rotatable bonds is 6. The molecule has 0 saturated carbocycles. The number of benzene rings is 1. The normalized spacial score (nSPS) is 12.7. The molecule has 0 aliphatic carbocycles. The summed E-state index contributed by atoms with van der Waals surface area (Å²) >= 11 is 0. The Hall–Kier alpha value is -1.57. The van der Waals surface area contributed by atoms with E-state index in [0.717, 1.165) is 18.4 Å². The molecule has 1 N–H and O–H groups in total. The SMILES string of the molecule is CCCCC(CCC)c1cc(=O)[nH]c2ccccc12. The van der Waals surface area contributed by atoms with Gasteiger partial charge in [0.15, 0.2) is 0 Å². The standard InChI is InChI=1S/C17H23NO/c1-3-5-9-13(8-4-2)15-12-17(19)18-16-11-7-6-10-14(15)16/h6-7,10-13H,3-5,8-9H2,1-2H3,(H,18,19). The molecular weight excluding hydrogens is 234 g/mol. The highest BCUT2D eigenvalue weighted by molar-refractivity contribution is 5.82. The van der Waals surface area contributed by atoms with Crippen molar-refractivity contribution in [1.29, 1.82) is 0 Å². The Kier molecular flexibility index (Phi) is 4.78. The summed E-state index contributed by atoms with van der Waals surface area (Å²) in [5.74, 6) is 0.511. The van der Waals surface area contributed by atoms with E-state index in [2.05, 4.69) is 24.9 Å². The Labute approximate surface area is 114 Å². The fraction of sp³-hybridized carbons (Fsp3) is 0.471. The van der Waals surface area contributed by atoms with E-state index in [-0.39, 0.29) is 5.56 Å². The highest BCUT2D eigenvalue weighted by atomic mass is 16.1. The Bertz CT molecular complexity index is 585. The Morgan fingerprint density at radius 3 is 2.63 bits per heavy atom. The van der Waals surface area contributed by atoms with Crippen LogP contribution in [-0.2, 0) is 0 Å². The second-order valence-corrected chi connectivity index (χ2v) is 5.26. The zero-order valence-corrected chi connectivity index (χ0v) is 11.9. The minimum atomic E-state index is 0.0197. The van der Waals surface area contributed by atoms with Crippen molar-refractivity contribution in [2.75, 3.05) is 0 Å². The third kappa shape index (κ3) is 3.25. The number of hydrogen-bond donors (Lipinski definition) is 1. The Morgan fingerprint density at radius 1 is 1.11 bits per heavy atom. The third-order valence-electron chi connectivity index (χ3n) is 3.77. The monoisotopic (exact) mass is 257 g/mol. The highest BCUT2D eigenvalue weighted by Crippen LogP contribution is 2.30. The first-order chi connectivity index (χ1) is 9.26. The molecule has 0 aliphatic heterocycles. The van der Waals surface area contributed by atoms with Crippen LogP contribution in [0.5, 0.6) is 0 Å². The molecule has 0 spiro atoms. The number of aromatic amines is 1. The van der Waals surface area contributed by atoms with Gasteiger partial charge in [-0.1, -0.05) is 51.3 Å². The summed E-state index contributed by atoms with van der Waals surface area (Å²) in [5, 5.41) is 1.21. The molecule has 2 heteroatoms. The number of H-pyrrole nitrogens is 1. The summed E-state index contributed by atoms with van der Waals surface area (Å²) in [7, 11) is 0. The van der Waals surface area contributed by atoms with Gasteiger partial charge in [0.1, 0.15) is 0 Å². The lowest BCUT2D eigenvalue weighted by atomic mass is 9.88. The number of fused-ring (bicyclic) bond motifs is 1. The molecule has 1 unspecified atom stereocenters. The van der Waals surface area contributed by atoms with Crippen LogP contribution in [-0.4, -0.2) is 4.98 Å². The van der Waals surface area contributed by atoms with Crippen molar-refractivity contribution >= 4 is 10.9 Å². The van der Waals surface area contributed by atoms with Gasteiger partial charge in [-0.05, 0) is 30.4 Å². The van der Waals surface area contributed by atoms with Gasteiger partial charge < -0.3 is 4.98 Å². The van der Waals surface area contributed by atoms with E-state index in [9.17, 15) is 4.79 Å². The van der Waals surface area contributed by atoms with Crippen molar-refractivity contribution in [2.24, 2.45) is 0 Å². The Balaban J connectivity index is 2.48. The minimum absolute atomic E-state index is 0.0197. The predicted molar refractivity (Wildman–Crippen MR) is 81.7 cm³/mol. The fourth-order valence-electron chi connectivity index (χ4n) is 2.82. The molecule has 2 aromatic rings. The summed E-state index contributed by atoms with van der Waals surface area (Å²) in [6.07, 6.45) is 5.94. The average Bonchev–Trinajstić information content (AvgIpc) is 2.42. The van der Waals surface area contributed by atoms with Crippen LogP contribution in [0.4, 0.5) is 0 Å². The van der Waals surface area contributed by atoms with Crippen molar-refractivity contribution in [1.82, 2.24) is 4.98 Å². The van der Waals surface area contributed by atoms with Crippen LogP contribution in [0.25, 0.3) is 10.9 Å². The summed E-state index contributed by atoms with van der Waals surface area (Å²) in [4.78, 5) is 14.8. The maximum Gasteiger partial charge on any atom is 0.248 e. The summed E-state index contributed by atoms with van der Waals surface area (Å²) in [6.45, 7) is 4.44. The third-order valence-corrected chi connectivity index (χ3v) is 3.77. The van der Waals surface area contributed by atoms with Crippen molar-refractivity contribution in [3.63, 3.8) is 0 Å². The van der Waals surface area contributed by atoms with E-state index in [0.29, 0.717) is 5.92 Å². The van der Waals surface area contributed by atoms with Crippen molar-refractivity contribution < 1.29 is 0 Å². The van der Waals surface area contributed by atoms with E-state index < -0.39 is 0 Å². The second kappa shape index (κ2) is 6.55. The lowest BCUT2D eigenvalue weighted by molar-refractivity contribution is 0.543. The van der Waals surface area contributed by atoms with Crippen LogP contribution in [0, 0.1) is 0 Å². The molecule has 0 amide bonds. The molecule has 1 aromatic carbocycles. The van der Waals surface area contributed by atoms with Crippen molar-refractivity contribution in [2.45, 2.75) is 51.9 Å². The molecule has 1 heterocycles. The number of aromatic nitrogens is 1. The highest BCUT2D eigenvalue weighted by Gasteiger charge is 2.14. The summed E-state index contributed by atoms with van der Waals surface area (Å²) < 4.78 is 0. The van der Waals surface area contributed by atoms with Crippen LogP contribution >= 0.6 is 0 Å². The molecule has 0 bridgehead atoms. The number of pyridine rings is 1. The number of nitrogens with one attached hydrogen (secondary N) is 1. The molecular formula is C17H23NO. The van der Waals surface area contributed by atoms with Gasteiger partial charge in [-0.15, -0.1) is 0 Å². The smallest absolute Gasteiger partial charge is 0.248 e. The number of hydrogen-bond acceptors (Lipinski definition) is 1. The molecule has 0 saturated heterocycles. The van der Waals surface area contributed by atoms with E-state index in [1.54, 1.807) is 6.07 Å². The van der Waals surface area contributed by atoms with Crippen LogP contribution in [0.2, 0.25) is 0 Å². The molecule has 1 aromatic heterocycles. The molecule has 102 valence electrons. The quantitative estimate of drug-likeness (QED) is 0.805. The van der Waals surface area contributed by atoms with Gasteiger partial charge in [-0.2, -0.15) is 0 Å². The molecule has 0 aliphatic rings. The molecule has 0 radical (unpaired) electrons. The van der Waals surface area contributed by atoms with Gasteiger partial charge in [0.05, 0.1) is 0 Å². The molecule has 2 rings (SSSR count). The lowest BCUT2D eigenvalue weighted by Gasteiger charge is -2.18. The lowest BCUT2D eigenvalue weighted by Crippen LogP contribution is -2.10. The first kappa shape index (κ1) is 13.9. The maximum atomic E-state index is 11.8. The molecule has 1 atom stereocenters. The maximum absolute atomic E-state index is 11.8. The van der Waals surface area contributed by atoms with Crippen LogP contribution in [0.3, 0.4) is 0 Å². The van der Waals surface area contributed by atoms with E-state index in [4.69, 9.17) is 0 Å². The van der Waals surface area contributed by atoms with E-state index in [1.807, 2.05) is 18.2 Å². The fourth-order valence-corrected chi connectivity index (χ4v) is 2.82. The van der Waals surface area contributed by atoms with Crippen LogP contribution in [0.15, 0.2) is 35.1 Å². The van der Waals surface area contributed by atoms with Gasteiger partial charge in [-0.25, -0.2) is 0 Å². The predicted octanol–water partition coefficient (Wildman–Crippen LogP) is 4.60. The van der Waals surface area contributed by atoms with Gasteiger partial charge >= 0.3 is 0 Å². The minimum Gasteiger partial charge on any atom is -0.322 e. The van der Waals surface area contributed by atoms with Crippen LogP contribution < -0.4 is 5.56 Å². The zero-order valence-electron chi connectivity index (χ0n) is 11.9. The summed E-state index contributed by atoms with van der Waals surface area (Å²) in [5.41, 5.74) is 2.21. The van der Waals surface area contributed by atoms with Gasteiger partial charge in [0, 0.05) is 17.0 Å². The van der Waals surface area contributed by atoms with Gasteiger partial charge in [-0.3, -0.25) is 4.79 Å². The van der Waals surface area contributed by atoms with Gasteiger partial charge in [0.25, 0.3) is 0 Å². The van der Waals surface area contributed by atoms with E-state index >= 15 is 0 Å². The first-order valence-electron chi connectivity index (χ1n) is 7.38. The number of unbranched alkanes of at least 4 members (excludes halogenated alkanes) is 1. The van der Waals surface area contributed by atoms with Crippen molar-refractivity contribution in [3.05, 3.63) is 46.2 Å². The topological polar surface area (TPSA) is 32.9 Å². The van der Waals surface area contributed by atoms with E-state index in [1.165, 1.54) is 30.2 Å². The Morgan fingerprint density at radius 2 is 1.89 bits per heavy atom. The first-order valence-corrected chi connectivity index (χ1v) is 7.38. The zero-order chi connectivity index (χ0) is 13.7. The van der Waals surface area contributed by atoms with Crippen LogP contribution in [0.1, 0.15) is 57.4 Å². The second-order valence-electron chi connectivity index (χ2n) is 5.26.